The summed E-state index contributed by atoms with van der Waals surface area (Å²) in [5.74, 6) is -0.139. The molecule has 1 aliphatic carbocycles. The van der Waals surface area contributed by atoms with Crippen LogP contribution in [-0.2, 0) is 26.3 Å². The van der Waals surface area contributed by atoms with E-state index >= 15 is 0 Å². The minimum Gasteiger partial charge on any atom is -0.350 e. The maximum absolute atomic E-state index is 13.4. The van der Waals surface area contributed by atoms with Gasteiger partial charge in [-0.25, -0.2) is 4.98 Å². The molecule has 0 bridgehead atoms. The molecule has 1 aliphatic rings. The second-order valence-corrected chi connectivity index (χ2v) is 8.62. The van der Waals surface area contributed by atoms with Crippen LogP contribution >= 0.6 is 0 Å². The van der Waals surface area contributed by atoms with Crippen molar-refractivity contribution in [2.24, 2.45) is 18.7 Å². The first-order chi connectivity index (χ1) is 15.5. The van der Waals surface area contributed by atoms with E-state index in [-0.39, 0.29) is 17.6 Å². The van der Waals surface area contributed by atoms with Gasteiger partial charge in [-0.1, -0.05) is 48.5 Å². The van der Waals surface area contributed by atoms with Crippen LogP contribution in [0, 0.1) is 5.92 Å². The number of nitrogens with zero attached hydrogens (tertiary/aromatic N) is 3. The molecule has 162 valence electrons. The summed E-state index contributed by atoms with van der Waals surface area (Å²) in [6.07, 6.45) is 5.86. The quantitative estimate of drug-likeness (QED) is 0.495. The number of rotatable bonds is 5. The molecule has 6 nitrogen and oxygen atoms in total. The summed E-state index contributed by atoms with van der Waals surface area (Å²) >= 11 is 0. The Kier molecular flexibility index (Phi) is 5.23. The summed E-state index contributed by atoms with van der Waals surface area (Å²) in [5, 5.41) is 0.985. The van der Waals surface area contributed by atoms with Gasteiger partial charge < -0.3 is 10.3 Å². The molecule has 0 amide bonds. The molecule has 2 atom stereocenters. The lowest BCUT2D eigenvalue weighted by Crippen LogP contribution is -2.37. The van der Waals surface area contributed by atoms with Crippen LogP contribution in [0.2, 0.25) is 0 Å². The van der Waals surface area contributed by atoms with Gasteiger partial charge in [0, 0.05) is 47.7 Å². The summed E-state index contributed by atoms with van der Waals surface area (Å²) in [6, 6.07) is 17.1. The molecule has 2 heterocycles. The second-order valence-electron chi connectivity index (χ2n) is 8.62. The van der Waals surface area contributed by atoms with Crippen LogP contribution in [0.5, 0.6) is 0 Å². The lowest BCUT2D eigenvalue weighted by Gasteiger charge is -2.22. The fraction of sp³-hybridized carbons (Fsp3) is 0.269. The average molecular weight is 427 g/mol. The number of aryl methyl sites for hydroxylation is 1. The van der Waals surface area contributed by atoms with Crippen LogP contribution in [0.25, 0.3) is 10.9 Å². The maximum atomic E-state index is 13.4. The third-order valence-corrected chi connectivity index (χ3v) is 6.51. The monoisotopic (exact) mass is 426 g/mol. The first-order valence-electron chi connectivity index (χ1n) is 11.0. The van der Waals surface area contributed by atoms with Crippen LogP contribution < -0.4 is 5.73 Å². The Balaban J connectivity index is 1.34. The molecule has 0 saturated carbocycles. The van der Waals surface area contributed by atoms with E-state index in [4.69, 9.17) is 5.73 Å². The number of benzene rings is 2. The highest BCUT2D eigenvalue weighted by Crippen LogP contribution is 2.30. The molecule has 0 unspecified atom stereocenters. The van der Waals surface area contributed by atoms with Crippen molar-refractivity contribution in [1.29, 1.82) is 0 Å². The Labute approximate surface area is 186 Å². The number of imidazole rings is 1. The highest BCUT2D eigenvalue weighted by molar-refractivity contribution is 6.09. The van der Waals surface area contributed by atoms with E-state index in [1.807, 2.05) is 72.4 Å². The molecule has 0 spiro atoms. The summed E-state index contributed by atoms with van der Waals surface area (Å²) in [6.45, 7) is 0. The Morgan fingerprint density at radius 2 is 1.88 bits per heavy atom. The smallest absolute Gasteiger partial charge is 0.249 e. The normalized spacial score (nSPS) is 16.6. The number of aromatic nitrogens is 3. The van der Waals surface area contributed by atoms with Crippen LogP contribution in [0.4, 0.5) is 0 Å². The number of nitrogens with two attached hydrogens (primary N) is 1. The summed E-state index contributed by atoms with van der Waals surface area (Å²) in [7, 11) is 1.96. The summed E-state index contributed by atoms with van der Waals surface area (Å²) < 4.78 is 3.60. The van der Waals surface area contributed by atoms with E-state index in [2.05, 4.69) is 4.98 Å². The summed E-state index contributed by atoms with van der Waals surface area (Å²) in [5.41, 5.74) is 10.8. The number of hydrogen-bond donors (Lipinski definition) is 1. The fourth-order valence-electron chi connectivity index (χ4n) is 4.80. The van der Waals surface area contributed by atoms with Gasteiger partial charge in [-0.15, -0.1) is 0 Å². The van der Waals surface area contributed by atoms with Crippen molar-refractivity contribution in [3.63, 3.8) is 0 Å². The van der Waals surface area contributed by atoms with Crippen molar-refractivity contribution in [2.75, 3.05) is 0 Å². The third kappa shape index (κ3) is 3.56. The number of carbonyl (C=O) groups excluding carboxylic acids is 2. The number of hydrogen-bond acceptors (Lipinski definition) is 4. The van der Waals surface area contributed by atoms with Crippen LogP contribution in [0.1, 0.15) is 38.5 Å². The summed E-state index contributed by atoms with van der Waals surface area (Å²) in [4.78, 5) is 30.8. The van der Waals surface area contributed by atoms with Crippen molar-refractivity contribution >= 4 is 22.6 Å². The minimum absolute atomic E-state index is 0.134. The number of para-hydroxylation sites is 1. The standard InChI is InChI=1S/C26H26N4O2/c1-29-15-20(19-9-5-6-10-23(19)29)25(31)18-11-12-24-22(14-18)28-16-30(24)26(32)21(27)13-17-7-3-2-4-8-17/h2-10,15-16,18,21H,11-14,27H2,1H3/t18-,21+/m1/s1. The lowest BCUT2D eigenvalue weighted by molar-refractivity contribution is 0.0874. The average Bonchev–Trinajstić information content (AvgIpc) is 3.39. The van der Waals surface area contributed by atoms with E-state index in [9.17, 15) is 9.59 Å². The highest BCUT2D eigenvalue weighted by atomic mass is 16.2. The Hall–Kier alpha value is -3.51. The Bertz CT molecular complexity index is 1300. The molecule has 2 aromatic carbocycles. The SMILES string of the molecule is Cn1cc(C(=O)[C@@H]2CCc3c(ncn3C(=O)[C@@H](N)Cc3ccccc3)C2)c2ccccc21. The van der Waals surface area contributed by atoms with E-state index in [1.165, 1.54) is 0 Å². The van der Waals surface area contributed by atoms with Crippen LogP contribution in [0.3, 0.4) is 0 Å². The largest absolute Gasteiger partial charge is 0.350 e. The molecule has 6 heteroatoms. The molecule has 32 heavy (non-hydrogen) atoms. The second kappa shape index (κ2) is 8.20. The van der Waals surface area contributed by atoms with Crippen LogP contribution in [0.15, 0.2) is 67.1 Å². The molecule has 4 aromatic rings. The zero-order chi connectivity index (χ0) is 22.2. The van der Waals surface area contributed by atoms with Crippen molar-refractivity contribution in [2.45, 2.75) is 31.7 Å². The molecule has 0 radical (unpaired) electrons. The maximum Gasteiger partial charge on any atom is 0.249 e. The Morgan fingerprint density at radius 3 is 2.69 bits per heavy atom. The van der Waals surface area contributed by atoms with Gasteiger partial charge in [0.1, 0.15) is 6.33 Å². The topological polar surface area (TPSA) is 82.9 Å². The highest BCUT2D eigenvalue weighted by Gasteiger charge is 2.31. The van der Waals surface area contributed by atoms with Gasteiger partial charge in [-0.2, -0.15) is 0 Å². The van der Waals surface area contributed by atoms with Gasteiger partial charge in [-0.05, 0) is 30.9 Å². The van der Waals surface area contributed by atoms with Crippen LogP contribution in [-0.4, -0.2) is 31.9 Å². The molecule has 0 aliphatic heterocycles. The Morgan fingerprint density at radius 1 is 1.12 bits per heavy atom. The van der Waals surface area contributed by atoms with Gasteiger partial charge in [0.05, 0.1) is 11.7 Å². The van der Waals surface area contributed by atoms with Crippen molar-refractivity contribution in [3.05, 3.63) is 89.6 Å². The first-order valence-corrected chi connectivity index (χ1v) is 11.0. The number of fused-ring (bicyclic) bond motifs is 2. The predicted molar refractivity (Wildman–Crippen MR) is 124 cm³/mol. The van der Waals surface area contributed by atoms with E-state index in [0.29, 0.717) is 25.7 Å². The van der Waals surface area contributed by atoms with Gasteiger partial charge in [0.15, 0.2) is 5.78 Å². The number of carbonyl (C=O) groups is 2. The molecule has 2 N–H and O–H groups in total. The zero-order valence-electron chi connectivity index (χ0n) is 18.1. The number of Topliss-reactive ketones (excluding diaryl/α,β-unsaturated/α-hetero) is 1. The van der Waals surface area contributed by atoms with E-state index in [0.717, 1.165) is 33.4 Å². The number of ketones is 1. The molecular weight excluding hydrogens is 400 g/mol. The zero-order valence-corrected chi connectivity index (χ0v) is 18.1. The van der Waals surface area contributed by atoms with Gasteiger partial charge in [-0.3, -0.25) is 14.2 Å². The first kappa shape index (κ1) is 20.4. The van der Waals surface area contributed by atoms with Crippen molar-refractivity contribution in [3.8, 4) is 0 Å². The van der Waals surface area contributed by atoms with Gasteiger partial charge in [0.25, 0.3) is 0 Å². The molecule has 5 rings (SSSR count). The molecule has 2 aromatic heterocycles. The third-order valence-electron chi connectivity index (χ3n) is 6.51. The van der Waals surface area contributed by atoms with Crippen molar-refractivity contribution in [1.82, 2.24) is 14.1 Å². The van der Waals surface area contributed by atoms with Gasteiger partial charge in [0.2, 0.25) is 5.91 Å². The molecule has 0 saturated heterocycles. The van der Waals surface area contributed by atoms with E-state index < -0.39 is 6.04 Å². The van der Waals surface area contributed by atoms with E-state index in [1.54, 1.807) is 10.9 Å². The van der Waals surface area contributed by atoms with Crippen molar-refractivity contribution < 1.29 is 9.59 Å². The predicted octanol–water partition coefficient (Wildman–Crippen LogP) is 3.57. The van der Waals surface area contributed by atoms with Gasteiger partial charge >= 0.3 is 0 Å². The molecule has 0 fully saturated rings. The molecular formula is C26H26N4O2. The lowest BCUT2D eigenvalue weighted by atomic mass is 9.84. The fourth-order valence-corrected chi connectivity index (χ4v) is 4.80. The minimum atomic E-state index is -0.634.